The van der Waals surface area contributed by atoms with Crippen LogP contribution in [0.2, 0.25) is 0 Å². The minimum absolute atomic E-state index is 0.0521. The van der Waals surface area contributed by atoms with Crippen molar-refractivity contribution in [1.82, 2.24) is 0 Å². The SMILES string of the molecule is CCOc1ccc2c(c1)S/C(=C1/Sc3cc(C)ccc3C1=O)C2=O. The first-order valence-corrected chi connectivity index (χ1v) is 9.28. The number of carbonyl (C=O) groups excluding carboxylic acids is 2. The fourth-order valence-corrected chi connectivity index (χ4v) is 5.22. The number of hydrogen-bond donors (Lipinski definition) is 0. The van der Waals surface area contributed by atoms with E-state index >= 15 is 0 Å². The summed E-state index contributed by atoms with van der Waals surface area (Å²) in [6, 6.07) is 11.2. The molecule has 0 unspecified atom stereocenters. The summed E-state index contributed by atoms with van der Waals surface area (Å²) in [5.74, 6) is 0.620. The predicted molar refractivity (Wildman–Crippen MR) is 96.2 cm³/mol. The largest absolute Gasteiger partial charge is 0.494 e. The summed E-state index contributed by atoms with van der Waals surface area (Å²) in [7, 11) is 0. The minimum atomic E-state index is -0.0709. The van der Waals surface area contributed by atoms with Crippen molar-refractivity contribution < 1.29 is 14.3 Å². The molecule has 0 bridgehead atoms. The molecule has 4 rings (SSSR count). The zero-order valence-electron chi connectivity index (χ0n) is 13.2. The maximum absolute atomic E-state index is 12.7. The van der Waals surface area contributed by atoms with Gasteiger partial charge in [-0.1, -0.05) is 29.6 Å². The maximum atomic E-state index is 12.7. The zero-order valence-corrected chi connectivity index (χ0v) is 14.8. The van der Waals surface area contributed by atoms with Crippen LogP contribution in [0.4, 0.5) is 0 Å². The summed E-state index contributed by atoms with van der Waals surface area (Å²) >= 11 is 2.77. The molecule has 120 valence electrons. The molecule has 0 radical (unpaired) electrons. The molecule has 2 heterocycles. The van der Waals surface area contributed by atoms with Crippen LogP contribution in [0.25, 0.3) is 0 Å². The Morgan fingerprint density at radius 2 is 1.46 bits per heavy atom. The molecule has 3 nitrogen and oxygen atoms in total. The lowest BCUT2D eigenvalue weighted by Crippen LogP contribution is -2.02. The standard InChI is InChI=1S/C19H14O3S2/c1-3-22-11-5-7-13-15(9-11)24-19(17(13)21)18-16(20)12-6-4-10(2)8-14(12)23-18/h4-9H,3H2,1-2H3/b19-18+. The van der Waals surface area contributed by atoms with Crippen LogP contribution >= 0.6 is 23.5 Å². The lowest BCUT2D eigenvalue weighted by Gasteiger charge is -2.03. The lowest BCUT2D eigenvalue weighted by atomic mass is 10.1. The van der Waals surface area contributed by atoms with E-state index in [1.807, 2.05) is 38.1 Å². The van der Waals surface area contributed by atoms with Crippen LogP contribution < -0.4 is 4.74 Å². The van der Waals surface area contributed by atoms with Gasteiger partial charge >= 0.3 is 0 Å². The van der Waals surface area contributed by atoms with E-state index in [-0.39, 0.29) is 11.6 Å². The van der Waals surface area contributed by atoms with Crippen molar-refractivity contribution >= 4 is 35.1 Å². The number of Topliss-reactive ketones (excluding diaryl/α,β-unsaturated/α-hetero) is 2. The van der Waals surface area contributed by atoms with Crippen LogP contribution in [0.1, 0.15) is 33.2 Å². The van der Waals surface area contributed by atoms with E-state index in [0.717, 1.165) is 21.1 Å². The van der Waals surface area contributed by atoms with E-state index in [1.54, 1.807) is 12.1 Å². The Balaban J connectivity index is 1.75. The Morgan fingerprint density at radius 3 is 2.08 bits per heavy atom. The van der Waals surface area contributed by atoms with Crippen molar-refractivity contribution in [3.05, 3.63) is 62.9 Å². The molecule has 0 aliphatic carbocycles. The van der Waals surface area contributed by atoms with Crippen molar-refractivity contribution in [3.8, 4) is 5.75 Å². The van der Waals surface area contributed by atoms with Crippen LogP contribution in [0.5, 0.6) is 5.75 Å². The third-order valence-corrected chi connectivity index (χ3v) is 6.37. The van der Waals surface area contributed by atoms with Gasteiger partial charge in [-0.2, -0.15) is 0 Å². The number of carbonyl (C=O) groups is 2. The summed E-state index contributed by atoms with van der Waals surface area (Å²) in [5.41, 5.74) is 2.44. The normalized spacial score (nSPS) is 18.8. The van der Waals surface area contributed by atoms with Crippen LogP contribution in [0.15, 0.2) is 56.0 Å². The van der Waals surface area contributed by atoms with E-state index in [4.69, 9.17) is 4.74 Å². The van der Waals surface area contributed by atoms with Crippen molar-refractivity contribution in [3.63, 3.8) is 0 Å². The van der Waals surface area contributed by atoms with Crippen LogP contribution in [-0.2, 0) is 0 Å². The second-order valence-corrected chi connectivity index (χ2v) is 7.72. The van der Waals surface area contributed by atoms with Crippen molar-refractivity contribution in [1.29, 1.82) is 0 Å². The summed E-state index contributed by atoms with van der Waals surface area (Å²) in [6.07, 6.45) is 0. The highest BCUT2D eigenvalue weighted by Gasteiger charge is 2.36. The average molecular weight is 354 g/mol. The van der Waals surface area contributed by atoms with Gasteiger partial charge in [0, 0.05) is 20.9 Å². The first-order chi connectivity index (χ1) is 11.6. The first kappa shape index (κ1) is 15.5. The quantitative estimate of drug-likeness (QED) is 0.719. The van der Waals surface area contributed by atoms with Crippen molar-refractivity contribution in [2.24, 2.45) is 0 Å². The number of benzene rings is 2. The van der Waals surface area contributed by atoms with Gasteiger partial charge in [-0.3, -0.25) is 9.59 Å². The topological polar surface area (TPSA) is 43.4 Å². The molecule has 0 aromatic heterocycles. The van der Waals surface area contributed by atoms with Gasteiger partial charge in [0.05, 0.1) is 16.4 Å². The number of aryl methyl sites for hydroxylation is 1. The Bertz CT molecular complexity index is 928. The number of ether oxygens (including phenoxy) is 1. The van der Waals surface area contributed by atoms with Crippen LogP contribution in [0.3, 0.4) is 0 Å². The van der Waals surface area contributed by atoms with E-state index in [2.05, 4.69) is 0 Å². The third kappa shape index (κ3) is 2.39. The monoisotopic (exact) mass is 354 g/mol. The Kier molecular flexibility index (Phi) is 3.77. The molecule has 0 saturated carbocycles. The van der Waals surface area contributed by atoms with E-state index in [1.165, 1.54) is 23.5 Å². The maximum Gasteiger partial charge on any atom is 0.202 e. The molecule has 2 aliphatic rings. The molecule has 2 aromatic carbocycles. The van der Waals surface area contributed by atoms with Crippen molar-refractivity contribution in [2.45, 2.75) is 23.6 Å². The highest BCUT2D eigenvalue weighted by atomic mass is 32.2. The molecule has 0 amide bonds. The molecular weight excluding hydrogens is 340 g/mol. The number of fused-ring (bicyclic) bond motifs is 2. The van der Waals surface area contributed by atoms with Crippen LogP contribution in [-0.4, -0.2) is 18.2 Å². The summed E-state index contributed by atoms with van der Waals surface area (Å²) < 4.78 is 5.50. The first-order valence-electron chi connectivity index (χ1n) is 7.65. The number of thioether (sulfide) groups is 2. The zero-order chi connectivity index (χ0) is 16.8. The molecule has 24 heavy (non-hydrogen) atoms. The summed E-state index contributed by atoms with van der Waals surface area (Å²) in [6.45, 7) is 4.50. The number of rotatable bonds is 2. The van der Waals surface area contributed by atoms with Crippen molar-refractivity contribution in [2.75, 3.05) is 6.61 Å². The van der Waals surface area contributed by atoms with Gasteiger partial charge in [-0.15, -0.1) is 0 Å². The molecule has 0 spiro atoms. The predicted octanol–water partition coefficient (Wildman–Crippen LogP) is 4.88. The molecule has 5 heteroatoms. The minimum Gasteiger partial charge on any atom is -0.494 e. The number of ketones is 2. The van der Waals surface area contributed by atoms with Crippen LogP contribution in [0, 0.1) is 6.92 Å². The van der Waals surface area contributed by atoms with E-state index in [0.29, 0.717) is 27.5 Å². The Hall–Kier alpha value is -1.98. The van der Waals surface area contributed by atoms with Gasteiger partial charge in [0.1, 0.15) is 5.75 Å². The molecule has 0 fully saturated rings. The van der Waals surface area contributed by atoms with Gasteiger partial charge < -0.3 is 4.74 Å². The summed E-state index contributed by atoms with van der Waals surface area (Å²) in [5, 5.41) is 0. The van der Waals surface area contributed by atoms with Gasteiger partial charge in [-0.25, -0.2) is 0 Å². The van der Waals surface area contributed by atoms with E-state index < -0.39 is 0 Å². The Labute approximate surface area is 148 Å². The van der Waals surface area contributed by atoms with Gasteiger partial charge in [0.25, 0.3) is 0 Å². The number of hydrogen-bond acceptors (Lipinski definition) is 5. The molecule has 2 aromatic rings. The smallest absolute Gasteiger partial charge is 0.202 e. The second-order valence-electron chi connectivity index (χ2n) is 5.61. The fraction of sp³-hybridized carbons (Fsp3) is 0.158. The van der Waals surface area contributed by atoms with E-state index in [9.17, 15) is 9.59 Å². The Morgan fingerprint density at radius 1 is 0.875 bits per heavy atom. The highest BCUT2D eigenvalue weighted by Crippen LogP contribution is 2.50. The molecule has 2 aliphatic heterocycles. The fourth-order valence-electron chi connectivity index (χ4n) is 2.79. The lowest BCUT2D eigenvalue weighted by molar-refractivity contribution is 0.101. The molecule has 0 atom stereocenters. The average Bonchev–Trinajstić information content (AvgIpc) is 3.05. The molecular formula is C19H14O3S2. The molecule has 0 N–H and O–H groups in total. The highest BCUT2D eigenvalue weighted by molar-refractivity contribution is 8.08. The number of allylic oxidation sites excluding steroid dienone is 2. The van der Waals surface area contributed by atoms with Gasteiger partial charge in [0.15, 0.2) is 0 Å². The molecule has 0 saturated heterocycles. The second kappa shape index (κ2) is 5.83. The third-order valence-electron chi connectivity index (χ3n) is 3.93. The van der Waals surface area contributed by atoms with Gasteiger partial charge in [-0.05, 0) is 49.7 Å². The van der Waals surface area contributed by atoms with Gasteiger partial charge in [0.2, 0.25) is 11.6 Å². The summed E-state index contributed by atoms with van der Waals surface area (Å²) in [4.78, 5) is 28.3.